The van der Waals surface area contributed by atoms with E-state index in [-0.39, 0.29) is 28.4 Å². The van der Waals surface area contributed by atoms with E-state index in [0.717, 1.165) is 0 Å². The van der Waals surface area contributed by atoms with Crippen molar-refractivity contribution in [1.29, 1.82) is 5.26 Å². The lowest BCUT2D eigenvalue weighted by atomic mass is 10.1. The normalized spacial score (nSPS) is 10.6. The summed E-state index contributed by atoms with van der Waals surface area (Å²) in [4.78, 5) is 35.3. The second-order valence-corrected chi connectivity index (χ2v) is 6.59. The highest BCUT2D eigenvalue weighted by Crippen LogP contribution is 2.29. The highest BCUT2D eigenvalue weighted by molar-refractivity contribution is 6.10. The maximum Gasteiger partial charge on any atom is 0.343 e. The number of hydrogen-bond acceptors (Lipinski definition) is 7. The summed E-state index contributed by atoms with van der Waals surface area (Å²) in [7, 11) is 1.36. The molecule has 0 aliphatic carbocycles. The number of carbonyl (C=O) groups is 2. The Morgan fingerprint density at radius 3 is 2.30 bits per heavy atom. The molecule has 9 nitrogen and oxygen atoms in total. The minimum atomic E-state index is -0.814. The molecule has 3 rings (SSSR count). The third-order valence-corrected chi connectivity index (χ3v) is 4.43. The van der Waals surface area contributed by atoms with Crippen molar-refractivity contribution in [2.45, 2.75) is 0 Å². The van der Waals surface area contributed by atoms with Crippen LogP contribution in [0.3, 0.4) is 0 Å². The topological polar surface area (TPSA) is 132 Å². The van der Waals surface area contributed by atoms with Gasteiger partial charge in [-0.05, 0) is 48.0 Å². The van der Waals surface area contributed by atoms with E-state index >= 15 is 0 Å². The van der Waals surface area contributed by atoms with Crippen LogP contribution in [0, 0.1) is 21.4 Å². The van der Waals surface area contributed by atoms with Crippen molar-refractivity contribution < 1.29 is 24.0 Å². The quantitative estimate of drug-likeness (QED) is 0.143. The SMILES string of the molecule is COc1ccc(NC(=O)/C(C#N)=C/c2ccc(OC(=O)c3ccccc3)cc2)c([N+](=O)[O-])c1. The predicted molar refractivity (Wildman–Crippen MR) is 120 cm³/mol. The number of hydrogen-bond donors (Lipinski definition) is 1. The van der Waals surface area contributed by atoms with Crippen molar-refractivity contribution in [3.63, 3.8) is 0 Å². The molecule has 0 unspecified atom stereocenters. The number of nitro groups is 1. The summed E-state index contributed by atoms with van der Waals surface area (Å²) in [6, 6.07) is 20.4. The molecule has 0 aliphatic heterocycles. The zero-order valence-corrected chi connectivity index (χ0v) is 17.3. The van der Waals surface area contributed by atoms with Gasteiger partial charge in [0.1, 0.15) is 28.8 Å². The highest BCUT2D eigenvalue weighted by atomic mass is 16.6. The van der Waals surface area contributed by atoms with Crippen LogP contribution >= 0.6 is 0 Å². The molecule has 9 heteroatoms. The first-order valence-corrected chi connectivity index (χ1v) is 9.54. The zero-order valence-electron chi connectivity index (χ0n) is 17.3. The number of methoxy groups -OCH3 is 1. The summed E-state index contributed by atoms with van der Waals surface area (Å²) in [5.74, 6) is -0.788. The van der Waals surface area contributed by atoms with Gasteiger partial charge in [-0.3, -0.25) is 14.9 Å². The number of amides is 1. The number of ether oxygens (including phenoxy) is 2. The maximum absolute atomic E-state index is 12.5. The van der Waals surface area contributed by atoms with Crippen molar-refractivity contribution in [3.05, 3.63) is 99.6 Å². The van der Waals surface area contributed by atoms with Crippen LogP contribution in [-0.2, 0) is 4.79 Å². The summed E-state index contributed by atoms with van der Waals surface area (Å²) in [5, 5.41) is 23.1. The minimum absolute atomic E-state index is 0.0740. The Morgan fingerprint density at radius 1 is 1.03 bits per heavy atom. The van der Waals surface area contributed by atoms with E-state index in [2.05, 4.69) is 5.32 Å². The van der Waals surface area contributed by atoms with E-state index in [1.807, 2.05) is 0 Å². The van der Waals surface area contributed by atoms with Crippen LogP contribution in [0.25, 0.3) is 6.08 Å². The van der Waals surface area contributed by atoms with Gasteiger partial charge in [-0.25, -0.2) is 4.79 Å². The van der Waals surface area contributed by atoms with Crippen molar-refractivity contribution in [2.24, 2.45) is 0 Å². The number of nitrogens with one attached hydrogen (secondary N) is 1. The van der Waals surface area contributed by atoms with Gasteiger partial charge in [0.2, 0.25) is 0 Å². The van der Waals surface area contributed by atoms with Gasteiger partial charge >= 0.3 is 5.97 Å². The predicted octanol–water partition coefficient (Wildman–Crippen LogP) is 4.37. The van der Waals surface area contributed by atoms with Crippen LogP contribution in [-0.4, -0.2) is 23.9 Å². The zero-order chi connectivity index (χ0) is 23.8. The average molecular weight is 443 g/mol. The fraction of sp³-hybridized carbons (Fsp3) is 0.0417. The van der Waals surface area contributed by atoms with Crippen molar-refractivity contribution in [1.82, 2.24) is 0 Å². The molecule has 0 spiro atoms. The second kappa shape index (κ2) is 10.4. The fourth-order valence-electron chi connectivity index (χ4n) is 2.77. The van der Waals surface area contributed by atoms with Crippen LogP contribution in [0.2, 0.25) is 0 Å². The van der Waals surface area contributed by atoms with E-state index in [1.165, 1.54) is 43.5 Å². The smallest absolute Gasteiger partial charge is 0.343 e. The monoisotopic (exact) mass is 443 g/mol. The van der Waals surface area contributed by atoms with Crippen LogP contribution in [0.5, 0.6) is 11.5 Å². The molecule has 0 saturated heterocycles. The summed E-state index contributed by atoms with van der Waals surface area (Å²) in [6.45, 7) is 0. The van der Waals surface area contributed by atoms with E-state index in [1.54, 1.807) is 48.5 Å². The molecule has 0 aromatic heterocycles. The second-order valence-electron chi connectivity index (χ2n) is 6.59. The molecule has 0 heterocycles. The Balaban J connectivity index is 1.74. The fourth-order valence-corrected chi connectivity index (χ4v) is 2.77. The van der Waals surface area contributed by atoms with Crippen LogP contribution in [0.15, 0.2) is 78.4 Å². The van der Waals surface area contributed by atoms with Gasteiger partial charge in [0.05, 0.1) is 23.7 Å². The number of nitriles is 1. The Morgan fingerprint density at radius 2 is 1.70 bits per heavy atom. The standard InChI is InChI=1S/C24H17N3O6/c1-32-20-11-12-21(22(14-20)27(30)31)26-23(28)18(15-25)13-16-7-9-19(10-8-16)33-24(29)17-5-3-2-4-6-17/h2-14H,1H3,(H,26,28)/b18-13+. The molecule has 0 radical (unpaired) electrons. The van der Waals surface area contributed by atoms with Gasteiger partial charge in [-0.15, -0.1) is 0 Å². The number of benzene rings is 3. The van der Waals surface area contributed by atoms with Crippen LogP contribution in [0.4, 0.5) is 11.4 Å². The van der Waals surface area contributed by atoms with Gasteiger partial charge in [-0.2, -0.15) is 5.26 Å². The number of anilines is 1. The van der Waals surface area contributed by atoms with Crippen LogP contribution in [0.1, 0.15) is 15.9 Å². The molecule has 0 atom stereocenters. The first kappa shape index (κ1) is 22.7. The number of esters is 1. The van der Waals surface area contributed by atoms with Gasteiger partial charge in [0.15, 0.2) is 0 Å². The lowest BCUT2D eigenvalue weighted by Crippen LogP contribution is -2.14. The Kier molecular flexibility index (Phi) is 7.13. The van der Waals surface area contributed by atoms with Gasteiger partial charge < -0.3 is 14.8 Å². The first-order chi connectivity index (χ1) is 15.9. The van der Waals surface area contributed by atoms with Crippen molar-refractivity contribution in [3.8, 4) is 17.6 Å². The summed E-state index contributed by atoms with van der Waals surface area (Å²) < 4.78 is 10.2. The number of carbonyl (C=O) groups excluding carboxylic acids is 2. The maximum atomic E-state index is 12.5. The molecular weight excluding hydrogens is 426 g/mol. The Labute approximate surface area is 188 Å². The molecule has 1 amide bonds. The van der Waals surface area contributed by atoms with Gasteiger partial charge in [-0.1, -0.05) is 30.3 Å². The van der Waals surface area contributed by atoms with Crippen molar-refractivity contribution in [2.75, 3.05) is 12.4 Å². The first-order valence-electron chi connectivity index (χ1n) is 9.54. The van der Waals surface area contributed by atoms with Crippen LogP contribution < -0.4 is 14.8 Å². The molecule has 3 aromatic carbocycles. The molecule has 1 N–H and O–H groups in total. The van der Waals surface area contributed by atoms with Gasteiger partial charge in [0.25, 0.3) is 11.6 Å². The minimum Gasteiger partial charge on any atom is -0.496 e. The summed E-state index contributed by atoms with van der Waals surface area (Å²) >= 11 is 0. The molecular formula is C24H17N3O6. The largest absolute Gasteiger partial charge is 0.496 e. The highest BCUT2D eigenvalue weighted by Gasteiger charge is 2.19. The Bertz CT molecular complexity index is 1260. The molecule has 164 valence electrons. The lowest BCUT2D eigenvalue weighted by molar-refractivity contribution is -0.384. The van der Waals surface area contributed by atoms with E-state index in [9.17, 15) is 25.0 Å². The molecule has 0 aliphatic rings. The third-order valence-electron chi connectivity index (χ3n) is 4.43. The molecule has 33 heavy (non-hydrogen) atoms. The number of nitrogens with zero attached hydrogens (tertiary/aromatic N) is 2. The van der Waals surface area contributed by atoms with E-state index < -0.39 is 16.8 Å². The van der Waals surface area contributed by atoms with E-state index in [0.29, 0.717) is 11.1 Å². The molecule has 0 bridgehead atoms. The third kappa shape index (κ3) is 5.80. The number of nitro benzene ring substituents is 1. The average Bonchev–Trinajstić information content (AvgIpc) is 2.84. The summed E-state index contributed by atoms with van der Waals surface area (Å²) in [6.07, 6.45) is 1.31. The van der Waals surface area contributed by atoms with E-state index in [4.69, 9.17) is 9.47 Å². The van der Waals surface area contributed by atoms with Gasteiger partial charge in [0, 0.05) is 0 Å². The summed E-state index contributed by atoms with van der Waals surface area (Å²) in [5.41, 5.74) is 0.178. The molecule has 3 aromatic rings. The lowest BCUT2D eigenvalue weighted by Gasteiger charge is -2.07. The Hall–Kier alpha value is -4.97. The van der Waals surface area contributed by atoms with Crippen molar-refractivity contribution >= 4 is 29.3 Å². The molecule has 0 fully saturated rings. The number of rotatable bonds is 7. The molecule has 0 saturated carbocycles.